The molecule has 0 unspecified atom stereocenters. The second-order valence-electron chi connectivity index (χ2n) is 6.77. The number of amides is 1. The van der Waals surface area contributed by atoms with Crippen molar-refractivity contribution in [3.8, 4) is 0 Å². The molecule has 0 radical (unpaired) electrons. The van der Waals surface area contributed by atoms with Crippen molar-refractivity contribution < 1.29 is 18.5 Å². The maximum atomic E-state index is 13.5. The highest BCUT2D eigenvalue weighted by atomic mass is 32.1. The Kier molecular flexibility index (Phi) is 6.13. The van der Waals surface area contributed by atoms with Crippen LogP contribution in [0.15, 0.2) is 42.5 Å². The lowest BCUT2D eigenvalue weighted by Gasteiger charge is -2.20. The molecule has 0 fully saturated rings. The molecule has 0 aliphatic heterocycles. The number of rotatable bonds is 7. The molecule has 4 nitrogen and oxygen atoms in total. The van der Waals surface area contributed by atoms with Crippen LogP contribution in [0.3, 0.4) is 0 Å². The zero-order valence-corrected chi connectivity index (χ0v) is 16.2. The minimum atomic E-state index is -0.329. The predicted molar refractivity (Wildman–Crippen MR) is 104 cm³/mol. The first-order valence-corrected chi connectivity index (χ1v) is 9.64. The van der Waals surface area contributed by atoms with E-state index in [-0.39, 0.29) is 24.0 Å². The van der Waals surface area contributed by atoms with Crippen LogP contribution in [0.2, 0.25) is 0 Å². The number of hydrogen-bond acceptors (Lipinski definition) is 3. The highest BCUT2D eigenvalue weighted by molar-refractivity contribution is 7.22. The zero-order valence-electron chi connectivity index (χ0n) is 15.3. The van der Waals surface area contributed by atoms with Gasteiger partial charge in [-0.1, -0.05) is 23.5 Å². The number of hydrogen-bond donors (Lipinski definition) is 1. The van der Waals surface area contributed by atoms with E-state index in [1.54, 1.807) is 23.1 Å². The Morgan fingerprint density at radius 2 is 1.81 bits per heavy atom. The number of aromatic nitrogens is 1. The van der Waals surface area contributed by atoms with Crippen molar-refractivity contribution >= 4 is 32.6 Å². The second-order valence-corrected chi connectivity index (χ2v) is 7.78. The lowest BCUT2D eigenvalue weighted by Crippen LogP contribution is -3.05. The third-order valence-electron chi connectivity index (χ3n) is 4.20. The first-order chi connectivity index (χ1) is 12.9. The topological polar surface area (TPSA) is 37.6 Å². The molecule has 1 aromatic heterocycles. The third kappa shape index (κ3) is 5.08. The number of nitrogens with zero attached hydrogens (tertiary/aromatic N) is 2. The summed E-state index contributed by atoms with van der Waals surface area (Å²) in [4.78, 5) is 20.4. The van der Waals surface area contributed by atoms with Gasteiger partial charge < -0.3 is 4.90 Å². The largest absolute Gasteiger partial charge is 0.340 e. The van der Waals surface area contributed by atoms with Crippen LogP contribution in [0, 0.1) is 11.6 Å². The number of thiazole rings is 1. The number of carbonyl (C=O) groups excluding carboxylic acids is 1. The normalized spacial score (nSPS) is 11.3. The Labute approximate surface area is 161 Å². The number of benzene rings is 2. The lowest BCUT2D eigenvalue weighted by atomic mass is 10.1. The molecule has 0 aliphatic carbocycles. The Bertz CT molecular complexity index is 925. The highest BCUT2D eigenvalue weighted by Gasteiger charge is 2.20. The number of fused-ring (bicyclic) bond motifs is 1. The minimum Gasteiger partial charge on any atom is -0.340 e. The molecule has 0 spiro atoms. The van der Waals surface area contributed by atoms with Crippen LogP contribution >= 0.6 is 11.3 Å². The summed E-state index contributed by atoms with van der Waals surface area (Å²) >= 11 is 1.31. The SMILES string of the molecule is C[NH+](C)CCCN(C(=O)Cc1ccc(F)cc1)c1nc2ccc(F)cc2s1. The molecule has 27 heavy (non-hydrogen) atoms. The maximum absolute atomic E-state index is 13.5. The molecule has 0 saturated heterocycles. The van der Waals surface area contributed by atoms with Gasteiger partial charge in [-0.15, -0.1) is 0 Å². The molecule has 1 heterocycles. The van der Waals surface area contributed by atoms with Gasteiger partial charge in [0.15, 0.2) is 5.13 Å². The molecule has 2 aromatic carbocycles. The van der Waals surface area contributed by atoms with Crippen molar-refractivity contribution in [2.45, 2.75) is 12.8 Å². The van der Waals surface area contributed by atoms with E-state index < -0.39 is 0 Å². The molecule has 1 amide bonds. The van der Waals surface area contributed by atoms with Crippen LogP contribution in [0.1, 0.15) is 12.0 Å². The van der Waals surface area contributed by atoms with Gasteiger partial charge in [-0.25, -0.2) is 13.8 Å². The van der Waals surface area contributed by atoms with Crippen LogP contribution in [0.25, 0.3) is 10.2 Å². The Hall–Kier alpha value is -2.38. The molecule has 0 bridgehead atoms. The highest BCUT2D eigenvalue weighted by Crippen LogP contribution is 2.30. The third-order valence-corrected chi connectivity index (χ3v) is 5.24. The molecular formula is C20H22F2N3OS+. The van der Waals surface area contributed by atoms with Gasteiger partial charge in [0, 0.05) is 13.0 Å². The summed E-state index contributed by atoms with van der Waals surface area (Å²) in [5.41, 5.74) is 1.42. The fourth-order valence-corrected chi connectivity index (χ4v) is 3.83. The number of anilines is 1. The summed E-state index contributed by atoms with van der Waals surface area (Å²) < 4.78 is 27.3. The molecule has 3 rings (SSSR count). The zero-order chi connectivity index (χ0) is 19.4. The van der Waals surface area contributed by atoms with E-state index in [1.807, 2.05) is 0 Å². The van der Waals surface area contributed by atoms with Crippen LogP contribution < -0.4 is 9.80 Å². The summed E-state index contributed by atoms with van der Waals surface area (Å²) in [6.45, 7) is 1.45. The number of quaternary nitrogens is 1. The molecular weight excluding hydrogens is 368 g/mol. The average molecular weight is 390 g/mol. The lowest BCUT2D eigenvalue weighted by molar-refractivity contribution is -0.858. The van der Waals surface area contributed by atoms with Gasteiger partial charge in [-0.3, -0.25) is 9.69 Å². The van der Waals surface area contributed by atoms with Crippen molar-refractivity contribution in [1.29, 1.82) is 0 Å². The molecule has 142 valence electrons. The molecule has 0 aliphatic rings. The number of carbonyl (C=O) groups is 1. The van der Waals surface area contributed by atoms with E-state index in [2.05, 4.69) is 19.1 Å². The molecule has 0 saturated carbocycles. The Morgan fingerprint density at radius 1 is 1.11 bits per heavy atom. The van der Waals surface area contributed by atoms with Gasteiger partial charge >= 0.3 is 0 Å². The van der Waals surface area contributed by atoms with Gasteiger partial charge in [-0.2, -0.15) is 0 Å². The summed E-state index contributed by atoms with van der Waals surface area (Å²) in [5.74, 6) is -0.752. The monoisotopic (exact) mass is 390 g/mol. The van der Waals surface area contributed by atoms with Crippen molar-refractivity contribution in [2.24, 2.45) is 0 Å². The fraction of sp³-hybridized carbons (Fsp3) is 0.300. The smallest absolute Gasteiger partial charge is 0.233 e. The summed E-state index contributed by atoms with van der Waals surface area (Å²) in [7, 11) is 4.12. The van der Waals surface area contributed by atoms with Gasteiger partial charge in [0.05, 0.1) is 37.3 Å². The van der Waals surface area contributed by atoms with E-state index in [1.165, 1.54) is 40.5 Å². The van der Waals surface area contributed by atoms with Gasteiger partial charge in [0.25, 0.3) is 0 Å². The molecule has 7 heteroatoms. The summed E-state index contributed by atoms with van der Waals surface area (Å²) in [5, 5.41) is 0.566. The summed E-state index contributed by atoms with van der Waals surface area (Å²) in [6.07, 6.45) is 0.987. The molecule has 0 atom stereocenters. The number of nitrogens with one attached hydrogen (secondary N) is 1. The van der Waals surface area contributed by atoms with Crippen molar-refractivity contribution in [3.05, 3.63) is 59.7 Å². The van der Waals surface area contributed by atoms with Crippen LogP contribution in [-0.4, -0.2) is 38.1 Å². The van der Waals surface area contributed by atoms with Gasteiger partial charge in [0.2, 0.25) is 5.91 Å². The van der Waals surface area contributed by atoms with E-state index in [0.29, 0.717) is 21.9 Å². The van der Waals surface area contributed by atoms with Crippen LogP contribution in [0.4, 0.5) is 13.9 Å². The molecule has 3 aromatic rings. The van der Waals surface area contributed by atoms with E-state index in [4.69, 9.17) is 0 Å². The standard InChI is InChI=1S/C20H21F2N3OS/c1-24(2)10-3-11-25(19(26)12-14-4-6-15(21)7-5-14)20-23-17-9-8-16(22)13-18(17)27-20/h4-9,13H,3,10-12H2,1-2H3/p+1. The van der Waals surface area contributed by atoms with Crippen molar-refractivity contribution in [3.63, 3.8) is 0 Å². The first-order valence-electron chi connectivity index (χ1n) is 8.82. The van der Waals surface area contributed by atoms with E-state index in [0.717, 1.165) is 18.5 Å². The Balaban J connectivity index is 1.84. The van der Waals surface area contributed by atoms with Crippen molar-refractivity contribution in [2.75, 3.05) is 32.1 Å². The molecule has 1 N–H and O–H groups in total. The number of halogens is 2. The van der Waals surface area contributed by atoms with Crippen molar-refractivity contribution in [1.82, 2.24) is 4.98 Å². The summed E-state index contributed by atoms with van der Waals surface area (Å²) in [6, 6.07) is 10.4. The second kappa shape index (κ2) is 8.54. The van der Waals surface area contributed by atoms with Crippen LogP contribution in [-0.2, 0) is 11.2 Å². The quantitative estimate of drug-likeness (QED) is 0.674. The minimum absolute atomic E-state index is 0.102. The van der Waals surface area contributed by atoms with E-state index >= 15 is 0 Å². The predicted octanol–water partition coefficient (Wildman–Crippen LogP) is 2.68. The first kappa shape index (κ1) is 19.4. The Morgan fingerprint density at radius 3 is 2.52 bits per heavy atom. The van der Waals surface area contributed by atoms with E-state index in [9.17, 15) is 13.6 Å². The average Bonchev–Trinajstić information content (AvgIpc) is 3.03. The van der Waals surface area contributed by atoms with Gasteiger partial charge in [-0.05, 0) is 35.9 Å². The van der Waals surface area contributed by atoms with Crippen LogP contribution in [0.5, 0.6) is 0 Å². The fourth-order valence-electron chi connectivity index (χ4n) is 2.79. The van der Waals surface area contributed by atoms with Gasteiger partial charge in [0.1, 0.15) is 11.6 Å². The maximum Gasteiger partial charge on any atom is 0.233 e.